The number of aromatic nitrogens is 2. The fourth-order valence-electron chi connectivity index (χ4n) is 1.53. The number of nitrogens with one attached hydrogen (secondary N) is 1. The summed E-state index contributed by atoms with van der Waals surface area (Å²) in [6.07, 6.45) is 4.00. The predicted octanol–water partition coefficient (Wildman–Crippen LogP) is 1.15. The van der Waals surface area contributed by atoms with E-state index in [-0.39, 0.29) is 0 Å². The van der Waals surface area contributed by atoms with Gasteiger partial charge in [0.25, 0.3) is 0 Å². The summed E-state index contributed by atoms with van der Waals surface area (Å²) >= 11 is 0. The third-order valence-electron chi connectivity index (χ3n) is 2.77. The number of nitrogens with zero attached hydrogens (tertiary/aromatic N) is 2. The predicted molar refractivity (Wildman–Crippen MR) is 61.0 cm³/mol. The van der Waals surface area contributed by atoms with Crippen LogP contribution in [0.1, 0.15) is 25.3 Å². The Kier molecular flexibility index (Phi) is 4.78. The van der Waals surface area contributed by atoms with Crippen molar-refractivity contribution in [3.05, 3.63) is 18.0 Å². The van der Waals surface area contributed by atoms with E-state index in [1.54, 1.807) is 7.11 Å². The molecule has 2 atom stereocenters. The molecule has 2 unspecified atom stereocenters. The lowest BCUT2D eigenvalue weighted by atomic mass is 9.97. The second kappa shape index (κ2) is 5.88. The molecule has 0 aliphatic heterocycles. The van der Waals surface area contributed by atoms with Gasteiger partial charge in [0.2, 0.25) is 0 Å². The maximum absolute atomic E-state index is 5.00. The number of hydrogen-bond acceptors (Lipinski definition) is 3. The summed E-state index contributed by atoms with van der Waals surface area (Å²) in [5.41, 5.74) is 1.27. The van der Waals surface area contributed by atoms with Crippen LogP contribution in [0.4, 0.5) is 0 Å². The van der Waals surface area contributed by atoms with Gasteiger partial charge in [-0.05, 0) is 18.4 Å². The van der Waals surface area contributed by atoms with Gasteiger partial charge in [0, 0.05) is 32.9 Å². The molecular formula is C11H21N3O. The Balaban J connectivity index is 2.42. The van der Waals surface area contributed by atoms with Crippen molar-refractivity contribution in [1.82, 2.24) is 15.1 Å². The van der Waals surface area contributed by atoms with E-state index in [2.05, 4.69) is 30.5 Å². The molecule has 0 fully saturated rings. The number of methoxy groups -OCH3 is 1. The van der Waals surface area contributed by atoms with E-state index in [1.165, 1.54) is 5.56 Å². The molecule has 0 aromatic carbocycles. The van der Waals surface area contributed by atoms with Gasteiger partial charge in [0.05, 0.1) is 12.8 Å². The van der Waals surface area contributed by atoms with E-state index < -0.39 is 0 Å². The van der Waals surface area contributed by atoms with Crippen LogP contribution < -0.4 is 5.32 Å². The van der Waals surface area contributed by atoms with E-state index in [0.29, 0.717) is 12.0 Å². The number of rotatable bonds is 6. The summed E-state index contributed by atoms with van der Waals surface area (Å²) in [6, 6.07) is 0.435. The quantitative estimate of drug-likeness (QED) is 0.717. The Morgan fingerprint density at radius 1 is 1.53 bits per heavy atom. The van der Waals surface area contributed by atoms with Gasteiger partial charge < -0.3 is 10.1 Å². The summed E-state index contributed by atoms with van der Waals surface area (Å²) in [4.78, 5) is 0. The second-order valence-corrected chi connectivity index (χ2v) is 3.97. The van der Waals surface area contributed by atoms with Gasteiger partial charge in [-0.1, -0.05) is 6.92 Å². The lowest BCUT2D eigenvalue weighted by Gasteiger charge is -2.20. The van der Waals surface area contributed by atoms with E-state index in [9.17, 15) is 0 Å². The first-order valence-electron chi connectivity index (χ1n) is 5.36. The van der Waals surface area contributed by atoms with E-state index >= 15 is 0 Å². The van der Waals surface area contributed by atoms with Crippen LogP contribution in [0.3, 0.4) is 0 Å². The molecule has 0 saturated heterocycles. The lowest BCUT2D eigenvalue weighted by molar-refractivity contribution is 0.195. The summed E-state index contributed by atoms with van der Waals surface area (Å²) in [5, 5.41) is 7.61. The summed E-state index contributed by atoms with van der Waals surface area (Å²) < 4.78 is 6.84. The summed E-state index contributed by atoms with van der Waals surface area (Å²) in [6.45, 7) is 6.04. The van der Waals surface area contributed by atoms with Crippen LogP contribution in [0.25, 0.3) is 0 Å². The van der Waals surface area contributed by atoms with E-state index in [0.717, 1.165) is 13.2 Å². The van der Waals surface area contributed by atoms with E-state index in [4.69, 9.17) is 4.74 Å². The maximum atomic E-state index is 5.00. The first kappa shape index (κ1) is 12.2. The zero-order valence-electron chi connectivity index (χ0n) is 10.0. The van der Waals surface area contributed by atoms with Gasteiger partial charge in [-0.3, -0.25) is 4.68 Å². The third kappa shape index (κ3) is 3.64. The highest BCUT2D eigenvalue weighted by molar-refractivity contribution is 5.12. The highest BCUT2D eigenvalue weighted by atomic mass is 16.5. The minimum Gasteiger partial charge on any atom is -0.383 e. The minimum absolute atomic E-state index is 0.435. The highest BCUT2D eigenvalue weighted by Gasteiger charge is 2.14. The molecular weight excluding hydrogens is 190 g/mol. The maximum Gasteiger partial charge on any atom is 0.0587 e. The van der Waals surface area contributed by atoms with Crippen LogP contribution in [-0.4, -0.2) is 36.1 Å². The van der Waals surface area contributed by atoms with Crippen molar-refractivity contribution in [3.8, 4) is 0 Å². The molecule has 0 aliphatic carbocycles. The highest BCUT2D eigenvalue weighted by Crippen LogP contribution is 2.17. The number of hydrogen-bond donors (Lipinski definition) is 1. The Morgan fingerprint density at radius 3 is 2.80 bits per heavy atom. The Hall–Kier alpha value is -0.870. The van der Waals surface area contributed by atoms with Crippen LogP contribution in [-0.2, 0) is 11.8 Å². The zero-order chi connectivity index (χ0) is 11.3. The van der Waals surface area contributed by atoms with Crippen molar-refractivity contribution < 1.29 is 4.74 Å². The zero-order valence-corrected chi connectivity index (χ0v) is 10.0. The normalized spacial score (nSPS) is 15.2. The van der Waals surface area contributed by atoms with Gasteiger partial charge in [0.15, 0.2) is 0 Å². The molecule has 4 heteroatoms. The molecule has 0 radical (unpaired) electrons. The molecule has 4 nitrogen and oxygen atoms in total. The third-order valence-corrected chi connectivity index (χ3v) is 2.77. The van der Waals surface area contributed by atoms with Crippen LogP contribution in [0.5, 0.6) is 0 Å². The number of ether oxygens (including phenoxy) is 1. The van der Waals surface area contributed by atoms with Crippen molar-refractivity contribution in [2.75, 3.05) is 20.3 Å². The van der Waals surface area contributed by atoms with Crippen molar-refractivity contribution in [1.29, 1.82) is 0 Å². The summed E-state index contributed by atoms with van der Waals surface area (Å²) in [7, 11) is 3.66. The van der Waals surface area contributed by atoms with Crippen molar-refractivity contribution >= 4 is 0 Å². The molecule has 15 heavy (non-hydrogen) atoms. The second-order valence-electron chi connectivity index (χ2n) is 3.97. The number of aryl methyl sites for hydroxylation is 1. The molecule has 86 valence electrons. The van der Waals surface area contributed by atoms with Gasteiger partial charge >= 0.3 is 0 Å². The molecule has 0 aliphatic rings. The molecule has 1 heterocycles. The lowest BCUT2D eigenvalue weighted by Crippen LogP contribution is -2.33. The topological polar surface area (TPSA) is 39.1 Å². The van der Waals surface area contributed by atoms with E-state index in [1.807, 2.05) is 17.9 Å². The van der Waals surface area contributed by atoms with Crippen molar-refractivity contribution in [2.45, 2.75) is 25.8 Å². The fourth-order valence-corrected chi connectivity index (χ4v) is 1.53. The first-order valence-corrected chi connectivity index (χ1v) is 5.36. The SMILES string of the molecule is COCCNC(C)C(C)c1cnn(C)c1. The molecule has 0 saturated carbocycles. The Morgan fingerprint density at radius 2 is 2.27 bits per heavy atom. The Labute approximate surface area is 91.6 Å². The molecule has 0 amide bonds. The standard InChI is InChI=1S/C11H21N3O/c1-9(10(2)12-5-6-15-4)11-7-13-14(3)8-11/h7-10,12H,5-6H2,1-4H3. The average Bonchev–Trinajstić information content (AvgIpc) is 2.64. The van der Waals surface area contributed by atoms with Crippen LogP contribution >= 0.6 is 0 Å². The summed E-state index contributed by atoms with van der Waals surface area (Å²) in [5.74, 6) is 0.468. The fraction of sp³-hybridized carbons (Fsp3) is 0.727. The monoisotopic (exact) mass is 211 g/mol. The average molecular weight is 211 g/mol. The van der Waals surface area contributed by atoms with Gasteiger partial charge in [-0.25, -0.2) is 0 Å². The van der Waals surface area contributed by atoms with Crippen LogP contribution in [0.15, 0.2) is 12.4 Å². The van der Waals surface area contributed by atoms with Crippen LogP contribution in [0.2, 0.25) is 0 Å². The van der Waals surface area contributed by atoms with Crippen molar-refractivity contribution in [2.24, 2.45) is 7.05 Å². The molecule has 0 spiro atoms. The van der Waals surface area contributed by atoms with Gasteiger partial charge in [-0.15, -0.1) is 0 Å². The van der Waals surface area contributed by atoms with Crippen molar-refractivity contribution in [3.63, 3.8) is 0 Å². The largest absolute Gasteiger partial charge is 0.383 e. The van der Waals surface area contributed by atoms with Crippen LogP contribution in [0, 0.1) is 0 Å². The van der Waals surface area contributed by atoms with Gasteiger partial charge in [0.1, 0.15) is 0 Å². The molecule has 1 aromatic heterocycles. The molecule has 1 aromatic rings. The smallest absolute Gasteiger partial charge is 0.0587 e. The molecule has 1 rings (SSSR count). The molecule has 0 bridgehead atoms. The Bertz CT molecular complexity index is 285. The minimum atomic E-state index is 0.435. The first-order chi connectivity index (χ1) is 7.15. The van der Waals surface area contributed by atoms with Gasteiger partial charge in [-0.2, -0.15) is 5.10 Å². The molecule has 1 N–H and O–H groups in total.